The van der Waals surface area contributed by atoms with Crippen LogP contribution in [0.15, 0.2) is 42.5 Å². The van der Waals surface area contributed by atoms with Gasteiger partial charge in [-0.3, -0.25) is 14.5 Å². The number of ether oxygens (including phenoxy) is 3. The first-order chi connectivity index (χ1) is 15.5. The van der Waals surface area contributed by atoms with E-state index in [-0.39, 0.29) is 5.91 Å². The van der Waals surface area contributed by atoms with Crippen molar-refractivity contribution in [2.45, 2.75) is 26.3 Å². The first-order valence-corrected chi connectivity index (χ1v) is 10.8. The average molecular weight is 457 g/mol. The highest BCUT2D eigenvalue weighted by atomic mass is 32.1. The lowest BCUT2D eigenvalue weighted by Gasteiger charge is -2.11. The van der Waals surface area contributed by atoms with E-state index in [1.807, 2.05) is 54.0 Å². The summed E-state index contributed by atoms with van der Waals surface area (Å²) in [5, 5.41) is 10.1. The number of carbonyl (C=O) groups excluding carboxylic acids is 1. The number of amides is 1. The molecule has 1 amide bonds. The lowest BCUT2D eigenvalue weighted by atomic mass is 10.1. The molecule has 2 N–H and O–H groups in total. The van der Waals surface area contributed by atoms with Gasteiger partial charge in [0.25, 0.3) is 0 Å². The Labute approximate surface area is 192 Å². The van der Waals surface area contributed by atoms with Gasteiger partial charge in [-0.05, 0) is 67.5 Å². The van der Waals surface area contributed by atoms with E-state index >= 15 is 0 Å². The van der Waals surface area contributed by atoms with Gasteiger partial charge < -0.3 is 19.5 Å². The van der Waals surface area contributed by atoms with Gasteiger partial charge in [-0.25, -0.2) is 0 Å². The quantitative estimate of drug-likeness (QED) is 0.427. The number of benzene rings is 2. The van der Waals surface area contributed by atoms with Gasteiger partial charge in [-0.2, -0.15) is 5.10 Å². The fourth-order valence-electron chi connectivity index (χ4n) is 3.30. The molecule has 0 radical (unpaired) electrons. The third-order valence-corrected chi connectivity index (χ3v) is 5.24. The van der Waals surface area contributed by atoms with Crippen LogP contribution in [0.5, 0.6) is 17.2 Å². The normalized spacial score (nSPS) is 10.6. The molecule has 2 aromatic carbocycles. The summed E-state index contributed by atoms with van der Waals surface area (Å²) in [7, 11) is 3.21. The third kappa shape index (κ3) is 5.88. The minimum absolute atomic E-state index is 0.0498. The maximum atomic E-state index is 12.4. The van der Waals surface area contributed by atoms with Crippen molar-refractivity contribution in [3.05, 3.63) is 52.8 Å². The van der Waals surface area contributed by atoms with Crippen molar-refractivity contribution >= 4 is 18.1 Å². The molecular formula is C23H28N4O4S. The predicted molar refractivity (Wildman–Crippen MR) is 125 cm³/mol. The smallest absolute Gasteiger partial charge is 0.221 e. The summed E-state index contributed by atoms with van der Waals surface area (Å²) in [6, 6.07) is 13.4. The number of hydrogen-bond donors (Lipinski definition) is 2. The molecule has 0 aliphatic heterocycles. The Balaban J connectivity index is 1.54. The van der Waals surface area contributed by atoms with Crippen LogP contribution in [-0.2, 0) is 17.8 Å². The predicted octanol–water partition coefficient (Wildman–Crippen LogP) is 3.77. The largest absolute Gasteiger partial charge is 0.494 e. The summed E-state index contributed by atoms with van der Waals surface area (Å²) in [5.74, 6) is 2.79. The molecule has 170 valence electrons. The molecule has 1 aromatic heterocycles. The number of methoxy groups -OCH3 is 2. The van der Waals surface area contributed by atoms with Crippen molar-refractivity contribution in [2.24, 2.45) is 0 Å². The zero-order valence-corrected chi connectivity index (χ0v) is 19.3. The van der Waals surface area contributed by atoms with Crippen LogP contribution in [0, 0.1) is 4.77 Å². The molecule has 0 saturated heterocycles. The SMILES string of the molecule is CCOc1ccc(-c2n[nH]c(=S)n2CCC(=O)NCCc2ccc(OC)c(OC)c2)cc1. The van der Waals surface area contributed by atoms with Crippen molar-refractivity contribution in [1.82, 2.24) is 20.1 Å². The molecule has 0 bridgehead atoms. The van der Waals surface area contributed by atoms with Gasteiger partial charge in [-0.15, -0.1) is 0 Å². The second-order valence-electron chi connectivity index (χ2n) is 7.00. The second-order valence-corrected chi connectivity index (χ2v) is 7.39. The number of nitrogens with zero attached hydrogens (tertiary/aromatic N) is 2. The molecule has 0 unspecified atom stereocenters. The van der Waals surface area contributed by atoms with E-state index in [1.165, 1.54) is 0 Å². The van der Waals surface area contributed by atoms with Gasteiger partial charge in [-0.1, -0.05) is 6.07 Å². The minimum atomic E-state index is -0.0498. The molecule has 0 atom stereocenters. The maximum Gasteiger partial charge on any atom is 0.221 e. The summed E-state index contributed by atoms with van der Waals surface area (Å²) in [6.07, 6.45) is 0.985. The van der Waals surface area contributed by atoms with Crippen molar-refractivity contribution in [3.8, 4) is 28.6 Å². The van der Waals surface area contributed by atoms with Gasteiger partial charge in [0, 0.05) is 25.1 Å². The lowest BCUT2D eigenvalue weighted by Crippen LogP contribution is -2.26. The number of aromatic amines is 1. The van der Waals surface area contributed by atoms with Crippen molar-refractivity contribution < 1.29 is 19.0 Å². The Kier molecular flexibility index (Phi) is 8.27. The van der Waals surface area contributed by atoms with Crippen LogP contribution < -0.4 is 19.5 Å². The Morgan fingerprint density at radius 1 is 1.12 bits per heavy atom. The summed E-state index contributed by atoms with van der Waals surface area (Å²) in [6.45, 7) is 3.51. The fraction of sp³-hybridized carbons (Fsp3) is 0.348. The van der Waals surface area contributed by atoms with E-state index in [4.69, 9.17) is 26.4 Å². The molecule has 0 saturated carbocycles. The van der Waals surface area contributed by atoms with Gasteiger partial charge in [0.2, 0.25) is 5.91 Å². The van der Waals surface area contributed by atoms with E-state index < -0.39 is 0 Å². The molecule has 0 aliphatic rings. The zero-order chi connectivity index (χ0) is 22.9. The molecule has 0 spiro atoms. The number of rotatable bonds is 11. The van der Waals surface area contributed by atoms with E-state index in [0.717, 1.165) is 16.9 Å². The van der Waals surface area contributed by atoms with Crippen LogP contribution in [0.4, 0.5) is 0 Å². The lowest BCUT2D eigenvalue weighted by molar-refractivity contribution is -0.121. The summed E-state index contributed by atoms with van der Waals surface area (Å²) >= 11 is 5.35. The fourth-order valence-corrected chi connectivity index (χ4v) is 3.52. The molecule has 0 aliphatic carbocycles. The zero-order valence-electron chi connectivity index (χ0n) is 18.5. The van der Waals surface area contributed by atoms with Crippen molar-refractivity contribution in [2.75, 3.05) is 27.4 Å². The Morgan fingerprint density at radius 3 is 2.56 bits per heavy atom. The second kappa shape index (κ2) is 11.3. The first kappa shape index (κ1) is 23.3. The number of nitrogens with one attached hydrogen (secondary N) is 2. The molecule has 9 heteroatoms. The van der Waals surface area contributed by atoms with Gasteiger partial charge >= 0.3 is 0 Å². The highest BCUT2D eigenvalue weighted by molar-refractivity contribution is 7.71. The number of carbonyl (C=O) groups is 1. The number of hydrogen-bond acceptors (Lipinski definition) is 6. The number of H-pyrrole nitrogens is 1. The van der Waals surface area contributed by atoms with E-state index in [9.17, 15) is 4.79 Å². The Bertz CT molecular complexity index is 1090. The summed E-state index contributed by atoms with van der Waals surface area (Å²) < 4.78 is 18.4. The van der Waals surface area contributed by atoms with Crippen LogP contribution in [0.25, 0.3) is 11.4 Å². The highest BCUT2D eigenvalue weighted by Gasteiger charge is 2.11. The van der Waals surface area contributed by atoms with Gasteiger partial charge in [0.05, 0.1) is 20.8 Å². The van der Waals surface area contributed by atoms with Crippen LogP contribution >= 0.6 is 12.2 Å². The molecule has 3 rings (SSSR count). The van der Waals surface area contributed by atoms with Crippen LogP contribution in [0.1, 0.15) is 18.9 Å². The van der Waals surface area contributed by atoms with E-state index in [0.29, 0.717) is 54.6 Å². The Morgan fingerprint density at radius 2 is 1.88 bits per heavy atom. The standard InChI is InChI=1S/C23H28N4O4S/c1-4-31-18-8-6-17(7-9-18)22-25-26-23(32)27(22)14-12-21(28)24-13-11-16-5-10-19(29-2)20(15-16)30-3/h5-10,15H,4,11-14H2,1-3H3,(H,24,28)(H,26,32). The Hall–Kier alpha value is -3.33. The monoisotopic (exact) mass is 456 g/mol. The van der Waals surface area contributed by atoms with E-state index in [1.54, 1.807) is 14.2 Å². The third-order valence-electron chi connectivity index (χ3n) is 4.93. The summed E-state index contributed by atoms with van der Waals surface area (Å²) in [4.78, 5) is 12.4. The van der Waals surface area contributed by atoms with Crippen LogP contribution in [0.2, 0.25) is 0 Å². The van der Waals surface area contributed by atoms with Gasteiger partial charge in [0.15, 0.2) is 22.1 Å². The maximum absolute atomic E-state index is 12.4. The highest BCUT2D eigenvalue weighted by Crippen LogP contribution is 2.27. The van der Waals surface area contributed by atoms with Gasteiger partial charge in [0.1, 0.15) is 5.75 Å². The van der Waals surface area contributed by atoms with Crippen molar-refractivity contribution in [1.29, 1.82) is 0 Å². The van der Waals surface area contributed by atoms with Crippen LogP contribution in [0.3, 0.4) is 0 Å². The molecule has 32 heavy (non-hydrogen) atoms. The molecule has 8 nitrogen and oxygen atoms in total. The number of aromatic nitrogens is 3. The van der Waals surface area contributed by atoms with Crippen LogP contribution in [-0.4, -0.2) is 48.0 Å². The minimum Gasteiger partial charge on any atom is -0.494 e. The molecular weight excluding hydrogens is 428 g/mol. The molecule has 3 aromatic rings. The topological polar surface area (TPSA) is 90.4 Å². The van der Waals surface area contributed by atoms with E-state index in [2.05, 4.69) is 15.5 Å². The average Bonchev–Trinajstić information content (AvgIpc) is 3.18. The molecule has 0 fully saturated rings. The summed E-state index contributed by atoms with van der Waals surface area (Å²) in [5.41, 5.74) is 1.95. The first-order valence-electron chi connectivity index (χ1n) is 10.4. The molecule has 1 heterocycles. The van der Waals surface area contributed by atoms with Crippen molar-refractivity contribution in [3.63, 3.8) is 0 Å².